The molecule has 3 rings (SSSR count). The van der Waals surface area contributed by atoms with Crippen molar-refractivity contribution in [3.8, 4) is 17.1 Å². The molecule has 0 radical (unpaired) electrons. The number of esters is 1. The van der Waals surface area contributed by atoms with Gasteiger partial charge in [0.05, 0.1) is 30.4 Å². The van der Waals surface area contributed by atoms with Crippen molar-refractivity contribution in [3.05, 3.63) is 69.9 Å². The standard InChI is InChI=1S/C21H20N4O5/c1-4-30-21(26)16-12-22-19(14-7-5-6-13(2)10-14)24-20(16)23-17-9-8-15(25(27)28)11-18(17)29-3/h5-12H,4H2,1-3H3,(H,22,23,24). The molecule has 1 heterocycles. The third-order valence-electron chi connectivity index (χ3n) is 4.21. The van der Waals surface area contributed by atoms with E-state index in [1.54, 1.807) is 6.92 Å². The third-order valence-corrected chi connectivity index (χ3v) is 4.21. The van der Waals surface area contributed by atoms with Crippen molar-refractivity contribution in [1.82, 2.24) is 9.97 Å². The van der Waals surface area contributed by atoms with Gasteiger partial charge in [0.25, 0.3) is 5.69 Å². The van der Waals surface area contributed by atoms with E-state index in [0.717, 1.165) is 11.1 Å². The van der Waals surface area contributed by atoms with Crippen molar-refractivity contribution in [2.45, 2.75) is 13.8 Å². The van der Waals surface area contributed by atoms with E-state index in [1.165, 1.54) is 31.5 Å². The van der Waals surface area contributed by atoms with Crippen LogP contribution < -0.4 is 10.1 Å². The van der Waals surface area contributed by atoms with E-state index in [2.05, 4.69) is 15.3 Å². The normalized spacial score (nSPS) is 10.4. The third kappa shape index (κ3) is 4.52. The first-order chi connectivity index (χ1) is 14.4. The zero-order chi connectivity index (χ0) is 21.7. The summed E-state index contributed by atoms with van der Waals surface area (Å²) in [6, 6.07) is 11.7. The van der Waals surface area contributed by atoms with Crippen LogP contribution >= 0.6 is 0 Å². The zero-order valence-electron chi connectivity index (χ0n) is 16.7. The van der Waals surface area contributed by atoms with Gasteiger partial charge in [-0.3, -0.25) is 10.1 Å². The fraction of sp³-hybridized carbons (Fsp3) is 0.190. The Bertz CT molecular complexity index is 1100. The number of carbonyl (C=O) groups excluding carboxylic acids is 1. The van der Waals surface area contributed by atoms with E-state index in [9.17, 15) is 14.9 Å². The molecule has 0 spiro atoms. The second-order valence-corrected chi connectivity index (χ2v) is 6.31. The van der Waals surface area contributed by atoms with E-state index < -0.39 is 10.9 Å². The maximum Gasteiger partial charge on any atom is 0.343 e. The van der Waals surface area contributed by atoms with Gasteiger partial charge >= 0.3 is 5.97 Å². The molecule has 0 fully saturated rings. The summed E-state index contributed by atoms with van der Waals surface area (Å²) >= 11 is 0. The lowest BCUT2D eigenvalue weighted by atomic mass is 10.1. The Morgan fingerprint density at radius 1 is 1.23 bits per heavy atom. The first-order valence-corrected chi connectivity index (χ1v) is 9.13. The van der Waals surface area contributed by atoms with Crippen LogP contribution in [-0.2, 0) is 4.74 Å². The Kier molecular flexibility index (Phi) is 6.21. The Morgan fingerprint density at radius 3 is 2.70 bits per heavy atom. The second kappa shape index (κ2) is 8.99. The monoisotopic (exact) mass is 408 g/mol. The smallest absolute Gasteiger partial charge is 0.343 e. The Labute approximate surface area is 172 Å². The van der Waals surface area contributed by atoms with Gasteiger partial charge in [-0.2, -0.15) is 0 Å². The Morgan fingerprint density at radius 2 is 2.03 bits per heavy atom. The highest BCUT2D eigenvalue weighted by Crippen LogP contribution is 2.32. The summed E-state index contributed by atoms with van der Waals surface area (Å²) in [5.41, 5.74) is 2.24. The molecule has 0 aliphatic carbocycles. The first kappa shape index (κ1) is 20.7. The number of methoxy groups -OCH3 is 1. The second-order valence-electron chi connectivity index (χ2n) is 6.31. The van der Waals surface area contributed by atoms with Gasteiger partial charge in [0.2, 0.25) is 0 Å². The quantitative estimate of drug-likeness (QED) is 0.350. The number of ether oxygens (including phenoxy) is 2. The van der Waals surface area contributed by atoms with E-state index in [-0.39, 0.29) is 29.4 Å². The minimum atomic E-state index is -0.586. The van der Waals surface area contributed by atoms with Crippen molar-refractivity contribution in [3.63, 3.8) is 0 Å². The van der Waals surface area contributed by atoms with Crippen molar-refractivity contribution in [2.24, 2.45) is 0 Å². The molecule has 0 aliphatic rings. The summed E-state index contributed by atoms with van der Waals surface area (Å²) in [6.07, 6.45) is 1.39. The molecule has 0 amide bonds. The van der Waals surface area contributed by atoms with Crippen LogP contribution in [0.3, 0.4) is 0 Å². The predicted octanol–water partition coefficient (Wildman–Crippen LogP) is 4.29. The first-order valence-electron chi connectivity index (χ1n) is 9.13. The molecule has 0 atom stereocenters. The van der Waals surface area contributed by atoms with Crippen molar-refractivity contribution in [1.29, 1.82) is 0 Å². The largest absolute Gasteiger partial charge is 0.494 e. The molecule has 154 valence electrons. The van der Waals surface area contributed by atoms with Gasteiger partial charge in [-0.15, -0.1) is 0 Å². The minimum absolute atomic E-state index is 0.119. The van der Waals surface area contributed by atoms with Gasteiger partial charge in [0, 0.05) is 17.8 Å². The molecule has 0 aliphatic heterocycles. The summed E-state index contributed by atoms with van der Waals surface area (Å²) < 4.78 is 10.4. The number of benzene rings is 2. The SMILES string of the molecule is CCOC(=O)c1cnc(-c2cccc(C)c2)nc1Nc1ccc([N+](=O)[O-])cc1OC. The summed E-state index contributed by atoms with van der Waals surface area (Å²) in [7, 11) is 1.40. The van der Waals surface area contributed by atoms with Gasteiger partial charge in [0.1, 0.15) is 17.1 Å². The molecule has 2 aromatic carbocycles. The molecular weight excluding hydrogens is 388 g/mol. The van der Waals surface area contributed by atoms with Crippen LogP contribution in [-0.4, -0.2) is 34.6 Å². The molecule has 0 saturated carbocycles. The number of hydrogen-bond acceptors (Lipinski definition) is 8. The summed E-state index contributed by atoms with van der Waals surface area (Å²) in [5.74, 6) is 0.258. The Hall–Kier alpha value is -4.01. The van der Waals surface area contributed by atoms with Crippen LogP contribution in [0.5, 0.6) is 5.75 Å². The van der Waals surface area contributed by atoms with Crippen LogP contribution in [0, 0.1) is 17.0 Å². The van der Waals surface area contributed by atoms with Crippen LogP contribution in [0.2, 0.25) is 0 Å². The van der Waals surface area contributed by atoms with E-state index in [4.69, 9.17) is 9.47 Å². The number of nitrogens with zero attached hydrogens (tertiary/aromatic N) is 3. The highest BCUT2D eigenvalue weighted by molar-refractivity contribution is 5.95. The summed E-state index contributed by atoms with van der Waals surface area (Å²) in [6.45, 7) is 3.85. The maximum absolute atomic E-state index is 12.4. The molecule has 1 aromatic heterocycles. The summed E-state index contributed by atoms with van der Waals surface area (Å²) in [4.78, 5) is 31.7. The van der Waals surface area contributed by atoms with Crippen LogP contribution in [0.15, 0.2) is 48.7 Å². The fourth-order valence-corrected chi connectivity index (χ4v) is 2.78. The predicted molar refractivity (Wildman–Crippen MR) is 111 cm³/mol. The van der Waals surface area contributed by atoms with Gasteiger partial charge in [0.15, 0.2) is 5.82 Å². The molecule has 30 heavy (non-hydrogen) atoms. The number of carbonyl (C=O) groups is 1. The van der Waals surface area contributed by atoms with Crippen LogP contribution in [0.25, 0.3) is 11.4 Å². The van der Waals surface area contributed by atoms with Crippen LogP contribution in [0.4, 0.5) is 17.2 Å². The maximum atomic E-state index is 12.4. The van der Waals surface area contributed by atoms with E-state index in [1.807, 2.05) is 31.2 Å². The molecule has 9 nitrogen and oxygen atoms in total. The number of hydrogen-bond donors (Lipinski definition) is 1. The highest BCUT2D eigenvalue weighted by atomic mass is 16.6. The number of nitro groups is 1. The molecular formula is C21H20N4O5. The van der Waals surface area contributed by atoms with Crippen LogP contribution in [0.1, 0.15) is 22.8 Å². The van der Waals surface area contributed by atoms with Crippen molar-refractivity contribution >= 4 is 23.2 Å². The summed E-state index contributed by atoms with van der Waals surface area (Å²) in [5, 5.41) is 14.1. The Balaban J connectivity index is 2.07. The minimum Gasteiger partial charge on any atom is -0.494 e. The van der Waals surface area contributed by atoms with Gasteiger partial charge in [-0.25, -0.2) is 14.8 Å². The van der Waals surface area contributed by atoms with Crippen molar-refractivity contribution in [2.75, 3.05) is 19.0 Å². The lowest BCUT2D eigenvalue weighted by molar-refractivity contribution is -0.384. The molecule has 0 unspecified atom stereocenters. The van der Waals surface area contributed by atoms with E-state index >= 15 is 0 Å². The molecule has 3 aromatic rings. The zero-order valence-corrected chi connectivity index (χ0v) is 16.7. The lowest BCUT2D eigenvalue weighted by Gasteiger charge is -2.14. The topological polar surface area (TPSA) is 116 Å². The van der Waals surface area contributed by atoms with Crippen molar-refractivity contribution < 1.29 is 19.2 Å². The number of nitro benzene ring substituents is 1. The number of aromatic nitrogens is 2. The van der Waals surface area contributed by atoms with Gasteiger partial charge < -0.3 is 14.8 Å². The number of anilines is 2. The van der Waals surface area contributed by atoms with E-state index in [0.29, 0.717) is 11.5 Å². The molecule has 1 N–H and O–H groups in total. The lowest BCUT2D eigenvalue weighted by Crippen LogP contribution is -2.11. The average Bonchev–Trinajstić information content (AvgIpc) is 2.74. The fourth-order valence-electron chi connectivity index (χ4n) is 2.78. The molecule has 0 saturated heterocycles. The number of nitrogens with one attached hydrogen (secondary N) is 1. The molecule has 9 heteroatoms. The van der Waals surface area contributed by atoms with Gasteiger partial charge in [-0.05, 0) is 26.0 Å². The van der Waals surface area contributed by atoms with Gasteiger partial charge in [-0.1, -0.05) is 23.8 Å². The average molecular weight is 408 g/mol. The molecule has 0 bridgehead atoms. The number of aryl methyl sites for hydroxylation is 1. The number of rotatable bonds is 7. The number of non-ortho nitro benzene ring substituents is 1. The highest BCUT2D eigenvalue weighted by Gasteiger charge is 2.19.